The molecule has 2 aromatic heterocycles. The summed E-state index contributed by atoms with van der Waals surface area (Å²) in [6, 6.07) is 16.1. The van der Waals surface area contributed by atoms with E-state index in [4.69, 9.17) is 17.0 Å². The van der Waals surface area contributed by atoms with Crippen LogP contribution in [0.25, 0.3) is 5.69 Å². The van der Waals surface area contributed by atoms with Crippen LogP contribution in [0.4, 0.5) is 0 Å². The van der Waals surface area contributed by atoms with Crippen molar-refractivity contribution in [1.29, 1.82) is 0 Å². The van der Waals surface area contributed by atoms with Gasteiger partial charge in [0.15, 0.2) is 5.11 Å². The lowest BCUT2D eigenvalue weighted by Crippen LogP contribution is -2.32. The number of pyridine rings is 1. The van der Waals surface area contributed by atoms with Gasteiger partial charge in [-0.3, -0.25) is 9.78 Å². The van der Waals surface area contributed by atoms with Crippen LogP contribution in [-0.4, -0.2) is 39.2 Å². The van der Waals surface area contributed by atoms with Gasteiger partial charge in [0.2, 0.25) is 0 Å². The van der Waals surface area contributed by atoms with Crippen LogP contribution < -0.4 is 5.32 Å². The van der Waals surface area contributed by atoms with Crippen molar-refractivity contribution < 1.29 is 9.53 Å². The van der Waals surface area contributed by atoms with E-state index in [1.807, 2.05) is 24.3 Å². The molecule has 0 unspecified atom stereocenters. The standard InChI is InChI=1S/C25H28N4O2S/c1-16-17(2)29(19-10-6-5-7-11-19)18(3)22(16)24-23(20-12-8-9-14-26-20)27-25(32)28(24)15-13-21(30)31-4/h5-12,14,23-24H,13,15H2,1-4H3,(H,27,32)/t23-,24-/m0/s1. The number of rotatable bonds is 6. The molecule has 2 atom stereocenters. The number of methoxy groups -OCH3 is 1. The number of benzene rings is 1. The molecule has 0 radical (unpaired) electrons. The maximum Gasteiger partial charge on any atom is 0.307 e. The van der Waals surface area contributed by atoms with E-state index >= 15 is 0 Å². The third-order valence-electron chi connectivity index (χ3n) is 6.30. The fraction of sp³-hybridized carbons (Fsp3) is 0.320. The van der Waals surface area contributed by atoms with Crippen LogP contribution in [0.2, 0.25) is 0 Å². The molecule has 4 rings (SSSR count). The molecule has 1 aliphatic heterocycles. The summed E-state index contributed by atoms with van der Waals surface area (Å²) in [5, 5.41) is 4.09. The first-order chi connectivity index (χ1) is 15.4. The highest BCUT2D eigenvalue weighted by atomic mass is 32.1. The molecule has 0 amide bonds. The molecule has 1 N–H and O–H groups in total. The van der Waals surface area contributed by atoms with E-state index in [0.29, 0.717) is 11.7 Å². The van der Waals surface area contributed by atoms with Crippen molar-refractivity contribution >= 4 is 23.3 Å². The summed E-state index contributed by atoms with van der Waals surface area (Å²) in [6.07, 6.45) is 2.06. The van der Waals surface area contributed by atoms with Crippen molar-refractivity contribution in [1.82, 2.24) is 19.8 Å². The van der Waals surface area contributed by atoms with E-state index in [2.05, 4.69) is 64.8 Å². The second kappa shape index (κ2) is 9.12. The van der Waals surface area contributed by atoms with Gasteiger partial charge in [0.25, 0.3) is 0 Å². The second-order valence-corrected chi connectivity index (χ2v) is 8.41. The Morgan fingerprint density at radius 2 is 1.81 bits per heavy atom. The average Bonchev–Trinajstić information content (AvgIpc) is 3.25. The molecule has 7 heteroatoms. The number of carbonyl (C=O) groups excluding carboxylic acids is 1. The van der Waals surface area contributed by atoms with Crippen molar-refractivity contribution in [3.05, 3.63) is 82.9 Å². The fourth-order valence-electron chi connectivity index (χ4n) is 4.68. The van der Waals surface area contributed by atoms with Crippen LogP contribution in [0.5, 0.6) is 0 Å². The van der Waals surface area contributed by atoms with Gasteiger partial charge in [-0.15, -0.1) is 0 Å². The van der Waals surface area contributed by atoms with E-state index in [1.54, 1.807) is 6.20 Å². The summed E-state index contributed by atoms with van der Waals surface area (Å²) in [4.78, 5) is 18.6. The van der Waals surface area contributed by atoms with Gasteiger partial charge < -0.3 is 19.5 Å². The molecule has 0 bridgehead atoms. The molecule has 0 aliphatic carbocycles. The van der Waals surface area contributed by atoms with E-state index in [-0.39, 0.29) is 24.5 Å². The molecule has 1 saturated heterocycles. The minimum atomic E-state index is -0.251. The van der Waals surface area contributed by atoms with Gasteiger partial charge in [-0.2, -0.15) is 0 Å². The zero-order chi connectivity index (χ0) is 22.8. The number of aromatic nitrogens is 2. The SMILES string of the molecule is COC(=O)CCN1C(=S)N[C@@H](c2ccccn2)[C@@H]1c1c(C)c(C)n(-c2ccccc2)c1C. The van der Waals surface area contributed by atoms with Crippen LogP contribution in [0.1, 0.15) is 46.7 Å². The highest BCUT2D eigenvalue weighted by Crippen LogP contribution is 2.43. The van der Waals surface area contributed by atoms with Crippen LogP contribution in [0.15, 0.2) is 54.7 Å². The number of carbonyl (C=O) groups is 1. The highest BCUT2D eigenvalue weighted by molar-refractivity contribution is 7.80. The highest BCUT2D eigenvalue weighted by Gasteiger charge is 2.42. The Hall–Kier alpha value is -3.19. The number of hydrogen-bond acceptors (Lipinski definition) is 4. The summed E-state index contributed by atoms with van der Waals surface area (Å²) in [5.74, 6) is -0.251. The molecule has 0 spiro atoms. The zero-order valence-electron chi connectivity index (χ0n) is 18.8. The molecule has 3 aromatic rings. The first-order valence-electron chi connectivity index (χ1n) is 10.7. The number of nitrogens with one attached hydrogen (secondary N) is 1. The van der Waals surface area contributed by atoms with Crippen molar-refractivity contribution in [2.75, 3.05) is 13.7 Å². The number of esters is 1. The molecule has 1 aliphatic rings. The number of para-hydroxylation sites is 1. The lowest BCUT2D eigenvalue weighted by molar-refractivity contribution is -0.140. The third kappa shape index (κ3) is 3.88. The van der Waals surface area contributed by atoms with Gasteiger partial charge in [0.05, 0.1) is 31.3 Å². The largest absolute Gasteiger partial charge is 0.469 e. The smallest absolute Gasteiger partial charge is 0.307 e. The molecular weight excluding hydrogens is 420 g/mol. The monoisotopic (exact) mass is 448 g/mol. The van der Waals surface area contributed by atoms with Gasteiger partial charge >= 0.3 is 5.97 Å². The Morgan fingerprint density at radius 1 is 1.09 bits per heavy atom. The Kier molecular flexibility index (Phi) is 6.28. The predicted molar refractivity (Wildman–Crippen MR) is 129 cm³/mol. The van der Waals surface area contributed by atoms with Gasteiger partial charge in [-0.1, -0.05) is 24.3 Å². The van der Waals surface area contributed by atoms with Crippen molar-refractivity contribution in [2.45, 2.75) is 39.3 Å². The minimum absolute atomic E-state index is 0.0919. The van der Waals surface area contributed by atoms with Crippen LogP contribution in [0, 0.1) is 20.8 Å². The van der Waals surface area contributed by atoms with E-state index in [0.717, 1.165) is 17.1 Å². The molecule has 166 valence electrons. The Balaban J connectivity index is 1.84. The number of thiocarbonyl (C=S) groups is 1. The van der Waals surface area contributed by atoms with E-state index < -0.39 is 0 Å². The van der Waals surface area contributed by atoms with E-state index in [9.17, 15) is 4.79 Å². The normalized spacial score (nSPS) is 18.0. The molecule has 0 saturated carbocycles. The molecule has 1 aromatic carbocycles. The van der Waals surface area contributed by atoms with Gasteiger partial charge in [0, 0.05) is 35.4 Å². The lowest BCUT2D eigenvalue weighted by Gasteiger charge is -2.28. The topological polar surface area (TPSA) is 59.4 Å². The van der Waals surface area contributed by atoms with Crippen molar-refractivity contribution in [3.63, 3.8) is 0 Å². The number of hydrogen-bond donors (Lipinski definition) is 1. The summed E-state index contributed by atoms with van der Waals surface area (Å²) in [6.45, 7) is 6.93. The summed E-state index contributed by atoms with van der Waals surface area (Å²) < 4.78 is 7.17. The maximum absolute atomic E-state index is 11.9. The average molecular weight is 449 g/mol. The molecule has 1 fully saturated rings. The fourth-order valence-corrected chi connectivity index (χ4v) is 5.01. The van der Waals surface area contributed by atoms with Gasteiger partial charge in [-0.05, 0) is 62.8 Å². The third-order valence-corrected chi connectivity index (χ3v) is 6.65. The quantitative estimate of drug-likeness (QED) is 0.447. The van der Waals surface area contributed by atoms with Crippen LogP contribution >= 0.6 is 12.2 Å². The molecular formula is C25H28N4O2S. The minimum Gasteiger partial charge on any atom is -0.469 e. The predicted octanol–water partition coefficient (Wildman–Crippen LogP) is 4.33. The molecule has 6 nitrogen and oxygen atoms in total. The lowest BCUT2D eigenvalue weighted by atomic mass is 9.93. The number of nitrogens with zero attached hydrogens (tertiary/aromatic N) is 3. The first-order valence-corrected chi connectivity index (χ1v) is 11.1. The summed E-state index contributed by atoms with van der Waals surface area (Å²) in [5.41, 5.74) is 6.82. The van der Waals surface area contributed by atoms with Crippen LogP contribution in [0.3, 0.4) is 0 Å². The molecule has 32 heavy (non-hydrogen) atoms. The zero-order valence-corrected chi connectivity index (χ0v) is 19.6. The first kappa shape index (κ1) is 22.0. The van der Waals surface area contributed by atoms with Gasteiger partial charge in [0.1, 0.15) is 0 Å². The summed E-state index contributed by atoms with van der Waals surface area (Å²) >= 11 is 5.73. The number of ether oxygens (including phenoxy) is 1. The Morgan fingerprint density at radius 3 is 2.47 bits per heavy atom. The van der Waals surface area contributed by atoms with Gasteiger partial charge in [-0.25, -0.2) is 0 Å². The maximum atomic E-state index is 11.9. The van der Waals surface area contributed by atoms with Crippen molar-refractivity contribution in [2.24, 2.45) is 0 Å². The van der Waals surface area contributed by atoms with E-state index in [1.165, 1.54) is 23.9 Å². The second-order valence-electron chi connectivity index (χ2n) is 8.03. The van der Waals surface area contributed by atoms with Crippen molar-refractivity contribution in [3.8, 4) is 5.69 Å². The summed E-state index contributed by atoms with van der Waals surface area (Å²) in [7, 11) is 1.41. The van der Waals surface area contributed by atoms with Crippen LogP contribution in [-0.2, 0) is 9.53 Å². The molecule has 3 heterocycles. The Labute approximate surface area is 194 Å². The Bertz CT molecular complexity index is 1130.